The van der Waals surface area contributed by atoms with E-state index in [4.69, 9.17) is 0 Å². The Bertz CT molecular complexity index is 94.1. The van der Waals surface area contributed by atoms with Crippen molar-refractivity contribution in [3.05, 3.63) is 0 Å². The predicted molar refractivity (Wildman–Crippen MR) is 61.8 cm³/mol. The minimum atomic E-state index is -0.680. The molecular weight excluding hydrogens is 182 g/mol. The van der Waals surface area contributed by atoms with E-state index in [1.807, 2.05) is 0 Å². The summed E-state index contributed by atoms with van der Waals surface area (Å²) < 4.78 is 12.3. The van der Waals surface area contributed by atoms with Crippen LogP contribution in [0.1, 0.15) is 64.7 Å². The van der Waals surface area contributed by atoms with E-state index in [2.05, 4.69) is 16.2 Å². The summed E-state index contributed by atoms with van der Waals surface area (Å²) in [6, 6.07) is 0. The molecule has 0 rings (SSSR count). The first-order valence-electron chi connectivity index (χ1n) is 5.67. The van der Waals surface area contributed by atoms with Crippen LogP contribution < -0.4 is 0 Å². The zero-order valence-corrected chi connectivity index (χ0v) is 10.1. The van der Waals surface area contributed by atoms with Crippen molar-refractivity contribution in [3.8, 4) is 0 Å². The van der Waals surface area contributed by atoms with Crippen LogP contribution in [0.4, 0.5) is 4.39 Å². The molecule has 0 aliphatic carbocycles. The molecule has 0 aromatic carbocycles. The highest BCUT2D eigenvalue weighted by atomic mass is 31.0. The number of alkyl halides is 1. The molecule has 0 heterocycles. The van der Waals surface area contributed by atoms with Crippen LogP contribution in [-0.2, 0) is 0 Å². The molecule has 0 spiro atoms. The maximum absolute atomic E-state index is 12.3. The molecule has 2 heteroatoms. The first-order chi connectivity index (χ1) is 6.27. The monoisotopic (exact) mass is 206 g/mol. The van der Waals surface area contributed by atoms with Gasteiger partial charge in [0.1, 0.15) is 5.91 Å². The Labute approximate surface area is 84.9 Å². The maximum atomic E-state index is 12.3. The second-order valence-electron chi connectivity index (χ2n) is 3.78. The first-order valence-corrected chi connectivity index (χ1v) is 6.33. The second-order valence-corrected chi connectivity index (χ2v) is 4.50. The summed E-state index contributed by atoms with van der Waals surface area (Å²) in [5, 5.41) is 0. The van der Waals surface area contributed by atoms with Crippen molar-refractivity contribution in [2.24, 2.45) is 0 Å². The molecule has 0 aliphatic heterocycles. The minimum Gasteiger partial charge on any atom is -0.243 e. The summed E-state index contributed by atoms with van der Waals surface area (Å²) in [5.41, 5.74) is 0. The molecule has 0 radical (unpaired) electrons. The first kappa shape index (κ1) is 13.4. The van der Waals surface area contributed by atoms with Crippen LogP contribution in [0.5, 0.6) is 0 Å². The van der Waals surface area contributed by atoms with Crippen LogP contribution in [0.2, 0.25) is 0 Å². The summed E-state index contributed by atoms with van der Waals surface area (Å²) in [6.07, 6.45) is 11.1. The topological polar surface area (TPSA) is 0 Å². The van der Waals surface area contributed by atoms with Crippen molar-refractivity contribution < 1.29 is 4.39 Å². The smallest absolute Gasteiger partial charge is 0.113 e. The lowest BCUT2D eigenvalue weighted by molar-refractivity contribution is 0.410. The fourth-order valence-electron chi connectivity index (χ4n) is 1.47. The van der Waals surface area contributed by atoms with Crippen LogP contribution in [0.3, 0.4) is 0 Å². The molecule has 0 saturated carbocycles. The van der Waals surface area contributed by atoms with Crippen LogP contribution >= 0.6 is 9.24 Å². The zero-order valence-electron chi connectivity index (χ0n) is 8.90. The summed E-state index contributed by atoms with van der Waals surface area (Å²) in [4.78, 5) is 0. The van der Waals surface area contributed by atoms with E-state index in [-0.39, 0.29) is 0 Å². The van der Waals surface area contributed by atoms with E-state index < -0.39 is 5.91 Å². The van der Waals surface area contributed by atoms with Gasteiger partial charge in [-0.3, -0.25) is 0 Å². The molecule has 0 amide bonds. The third-order valence-corrected chi connectivity index (χ3v) is 2.67. The SMILES string of the molecule is CCCCCCCCCCC(F)P. The molecule has 80 valence electrons. The number of unbranched alkanes of at least 4 members (excludes halogenated alkanes) is 7. The molecule has 0 saturated heterocycles. The molecule has 13 heavy (non-hydrogen) atoms. The van der Waals surface area contributed by atoms with Gasteiger partial charge in [0.2, 0.25) is 0 Å². The van der Waals surface area contributed by atoms with E-state index in [1.165, 1.54) is 44.9 Å². The lowest BCUT2D eigenvalue weighted by atomic mass is 10.1. The van der Waals surface area contributed by atoms with Crippen molar-refractivity contribution in [1.82, 2.24) is 0 Å². The molecule has 0 fully saturated rings. The highest BCUT2D eigenvalue weighted by Crippen LogP contribution is 2.14. The van der Waals surface area contributed by atoms with Gasteiger partial charge in [-0.2, -0.15) is 0 Å². The Morgan fingerprint density at radius 3 is 1.85 bits per heavy atom. The van der Waals surface area contributed by atoms with Gasteiger partial charge in [-0.1, -0.05) is 58.3 Å². The van der Waals surface area contributed by atoms with Crippen molar-refractivity contribution in [2.45, 2.75) is 70.6 Å². The molecule has 0 aromatic rings. The van der Waals surface area contributed by atoms with Crippen molar-refractivity contribution in [3.63, 3.8) is 0 Å². The van der Waals surface area contributed by atoms with Gasteiger partial charge in [0.25, 0.3) is 0 Å². The summed E-state index contributed by atoms with van der Waals surface area (Å²) >= 11 is 0. The Balaban J connectivity index is 2.84. The Hall–Kier alpha value is 0.360. The molecule has 0 bridgehead atoms. The normalized spacial score (nSPS) is 13.2. The van der Waals surface area contributed by atoms with Gasteiger partial charge in [0, 0.05) is 0 Å². The summed E-state index contributed by atoms with van der Waals surface area (Å²) in [5.74, 6) is -0.680. The van der Waals surface area contributed by atoms with Gasteiger partial charge in [0.15, 0.2) is 0 Å². The number of hydrogen-bond acceptors (Lipinski definition) is 0. The highest BCUT2D eigenvalue weighted by molar-refractivity contribution is 7.17. The zero-order chi connectivity index (χ0) is 9.94. The fourth-order valence-corrected chi connectivity index (χ4v) is 1.71. The molecule has 0 N–H and O–H groups in total. The highest BCUT2D eigenvalue weighted by Gasteiger charge is 1.97. The summed E-state index contributed by atoms with van der Waals surface area (Å²) in [6.45, 7) is 2.24. The number of hydrogen-bond donors (Lipinski definition) is 0. The quantitative estimate of drug-likeness (QED) is 0.379. The van der Waals surface area contributed by atoms with Gasteiger partial charge in [-0.25, -0.2) is 4.39 Å². The Morgan fingerprint density at radius 2 is 1.38 bits per heavy atom. The van der Waals surface area contributed by atoms with E-state index >= 15 is 0 Å². The Morgan fingerprint density at radius 1 is 0.923 bits per heavy atom. The van der Waals surface area contributed by atoms with Crippen molar-refractivity contribution in [2.75, 3.05) is 0 Å². The molecule has 2 unspecified atom stereocenters. The van der Waals surface area contributed by atoms with Crippen molar-refractivity contribution >= 4 is 9.24 Å². The van der Waals surface area contributed by atoms with Crippen molar-refractivity contribution in [1.29, 1.82) is 0 Å². The lowest BCUT2D eigenvalue weighted by Gasteiger charge is -2.02. The third kappa shape index (κ3) is 12.4. The van der Waals surface area contributed by atoms with Gasteiger partial charge in [-0.15, -0.1) is 9.24 Å². The molecule has 0 nitrogen and oxygen atoms in total. The lowest BCUT2D eigenvalue weighted by Crippen LogP contribution is -1.87. The standard InChI is InChI=1S/C11H24FP/c1-2-3-4-5-6-7-8-9-10-11(12)13/h11H,2-10,13H2,1H3. The number of rotatable bonds is 9. The van der Waals surface area contributed by atoms with Gasteiger partial charge in [0.05, 0.1) is 0 Å². The van der Waals surface area contributed by atoms with E-state index in [9.17, 15) is 4.39 Å². The van der Waals surface area contributed by atoms with Gasteiger partial charge >= 0.3 is 0 Å². The van der Waals surface area contributed by atoms with E-state index in [0.29, 0.717) is 0 Å². The summed E-state index contributed by atoms with van der Waals surface area (Å²) in [7, 11) is 2.21. The average molecular weight is 206 g/mol. The van der Waals surface area contributed by atoms with Crippen LogP contribution in [0, 0.1) is 0 Å². The van der Waals surface area contributed by atoms with Crippen LogP contribution in [0.15, 0.2) is 0 Å². The van der Waals surface area contributed by atoms with E-state index in [0.717, 1.165) is 12.8 Å². The second kappa shape index (κ2) is 10.4. The minimum absolute atomic E-state index is 0.680. The fraction of sp³-hybridized carbons (Fsp3) is 1.00. The third-order valence-electron chi connectivity index (χ3n) is 2.33. The number of halogens is 1. The van der Waals surface area contributed by atoms with Gasteiger partial charge in [-0.05, 0) is 6.42 Å². The predicted octanol–water partition coefficient (Wildman–Crippen LogP) is 4.69. The van der Waals surface area contributed by atoms with Gasteiger partial charge < -0.3 is 0 Å². The molecular formula is C11H24FP. The largest absolute Gasteiger partial charge is 0.243 e. The Kier molecular flexibility index (Phi) is 10.7. The maximum Gasteiger partial charge on any atom is 0.113 e. The molecule has 0 aromatic heterocycles. The van der Waals surface area contributed by atoms with Crippen LogP contribution in [0.25, 0.3) is 0 Å². The van der Waals surface area contributed by atoms with Crippen LogP contribution in [-0.4, -0.2) is 5.91 Å². The average Bonchev–Trinajstić information content (AvgIpc) is 2.09. The molecule has 2 atom stereocenters. The van der Waals surface area contributed by atoms with E-state index in [1.54, 1.807) is 0 Å². The molecule has 0 aliphatic rings.